The largest absolute Gasteiger partial charge is 0.495 e. The van der Waals surface area contributed by atoms with E-state index in [1.807, 2.05) is 24.3 Å². The molecular weight excluding hydrogens is 324 g/mol. The summed E-state index contributed by atoms with van der Waals surface area (Å²) in [6.07, 6.45) is 0. The third-order valence-corrected chi connectivity index (χ3v) is 4.22. The molecule has 4 nitrogen and oxygen atoms in total. The van der Waals surface area contributed by atoms with Gasteiger partial charge in [-0.25, -0.2) is 0 Å². The molecule has 0 aromatic heterocycles. The van der Waals surface area contributed by atoms with Gasteiger partial charge < -0.3 is 10.1 Å². The van der Waals surface area contributed by atoms with Crippen LogP contribution in [0.5, 0.6) is 5.75 Å². The van der Waals surface area contributed by atoms with Crippen molar-refractivity contribution in [1.82, 2.24) is 4.90 Å². The maximum absolute atomic E-state index is 12.3. The average Bonchev–Trinajstić information content (AvgIpc) is 2.60. The normalized spacial score (nSPS) is 10.7. The molecule has 2 aromatic carbocycles. The number of anilines is 1. The Hall–Kier alpha value is -2.04. The zero-order valence-electron chi connectivity index (χ0n) is 14.3. The summed E-state index contributed by atoms with van der Waals surface area (Å²) >= 11 is 6.07. The first-order valence-electron chi connectivity index (χ1n) is 8.03. The number of nitrogens with one attached hydrogen (secondary N) is 1. The lowest BCUT2D eigenvalue weighted by Gasteiger charge is -2.18. The average molecular weight is 347 g/mol. The van der Waals surface area contributed by atoms with Crippen LogP contribution in [0.2, 0.25) is 5.02 Å². The maximum atomic E-state index is 12.3. The predicted octanol–water partition coefficient (Wildman–Crippen LogP) is 4.44. The highest BCUT2D eigenvalue weighted by Gasteiger charge is 2.09. The van der Waals surface area contributed by atoms with Crippen LogP contribution in [0.1, 0.15) is 29.8 Å². The van der Waals surface area contributed by atoms with Crippen LogP contribution < -0.4 is 10.1 Å². The molecule has 24 heavy (non-hydrogen) atoms. The minimum Gasteiger partial charge on any atom is -0.495 e. The Bertz CT molecular complexity index is 682. The first-order chi connectivity index (χ1) is 11.6. The van der Waals surface area contributed by atoms with Crippen LogP contribution in [-0.4, -0.2) is 31.0 Å². The highest BCUT2D eigenvalue weighted by atomic mass is 35.5. The van der Waals surface area contributed by atoms with Crippen LogP contribution in [0, 0.1) is 0 Å². The van der Waals surface area contributed by atoms with E-state index in [1.165, 1.54) is 5.56 Å². The lowest BCUT2D eigenvalue weighted by molar-refractivity contribution is 0.102. The lowest BCUT2D eigenvalue weighted by Crippen LogP contribution is -2.22. The quantitative estimate of drug-likeness (QED) is 0.805. The van der Waals surface area contributed by atoms with Gasteiger partial charge in [-0.15, -0.1) is 0 Å². The zero-order chi connectivity index (χ0) is 17.5. The van der Waals surface area contributed by atoms with E-state index in [2.05, 4.69) is 24.1 Å². The van der Waals surface area contributed by atoms with Crippen molar-refractivity contribution < 1.29 is 9.53 Å². The van der Waals surface area contributed by atoms with Gasteiger partial charge in [-0.3, -0.25) is 9.69 Å². The summed E-state index contributed by atoms with van der Waals surface area (Å²) in [5.74, 6) is 0.418. The van der Waals surface area contributed by atoms with E-state index < -0.39 is 0 Å². The van der Waals surface area contributed by atoms with Crippen molar-refractivity contribution in [3.63, 3.8) is 0 Å². The van der Waals surface area contributed by atoms with Gasteiger partial charge in [0.15, 0.2) is 0 Å². The molecule has 2 rings (SSSR count). The van der Waals surface area contributed by atoms with Crippen LogP contribution in [0.4, 0.5) is 5.69 Å². The molecule has 0 fully saturated rings. The number of hydrogen-bond donors (Lipinski definition) is 1. The Kier molecular flexibility index (Phi) is 6.64. The summed E-state index contributed by atoms with van der Waals surface area (Å²) in [6, 6.07) is 12.8. The number of nitrogens with zero attached hydrogens (tertiary/aromatic N) is 1. The SMILES string of the molecule is CCN(CC)Cc1ccc(C(=O)Nc2ccc(OC)c(Cl)c2)cc1. The Balaban J connectivity index is 2.03. The van der Waals surface area contributed by atoms with Crippen LogP contribution in [0.15, 0.2) is 42.5 Å². The molecule has 0 radical (unpaired) electrons. The summed E-state index contributed by atoms with van der Waals surface area (Å²) in [4.78, 5) is 14.7. The second kappa shape index (κ2) is 8.71. The van der Waals surface area contributed by atoms with Crippen molar-refractivity contribution >= 4 is 23.2 Å². The molecule has 0 heterocycles. The molecular formula is C19H23ClN2O2. The van der Waals surface area contributed by atoms with Crippen LogP contribution >= 0.6 is 11.6 Å². The molecule has 0 spiro atoms. The monoisotopic (exact) mass is 346 g/mol. The van der Waals surface area contributed by atoms with Crippen molar-refractivity contribution in [2.75, 3.05) is 25.5 Å². The molecule has 0 aliphatic heterocycles. The second-order valence-electron chi connectivity index (χ2n) is 5.46. The van der Waals surface area contributed by atoms with Crippen molar-refractivity contribution in [3.8, 4) is 5.75 Å². The third-order valence-electron chi connectivity index (χ3n) is 3.93. The number of carbonyl (C=O) groups is 1. The number of methoxy groups -OCH3 is 1. The number of carbonyl (C=O) groups excluding carboxylic acids is 1. The number of ether oxygens (including phenoxy) is 1. The van der Waals surface area contributed by atoms with E-state index in [-0.39, 0.29) is 5.91 Å². The molecule has 128 valence electrons. The molecule has 0 bridgehead atoms. The Morgan fingerprint density at radius 1 is 1.12 bits per heavy atom. The molecule has 0 unspecified atom stereocenters. The smallest absolute Gasteiger partial charge is 0.255 e. The molecule has 0 saturated carbocycles. The Morgan fingerprint density at radius 3 is 2.33 bits per heavy atom. The van der Waals surface area contributed by atoms with Gasteiger partial charge in [-0.05, 0) is 49.0 Å². The van der Waals surface area contributed by atoms with Gasteiger partial charge in [-0.1, -0.05) is 37.6 Å². The highest BCUT2D eigenvalue weighted by molar-refractivity contribution is 6.32. The van der Waals surface area contributed by atoms with E-state index in [1.54, 1.807) is 25.3 Å². The first kappa shape index (κ1) is 18.3. The van der Waals surface area contributed by atoms with Crippen LogP contribution in [0.25, 0.3) is 0 Å². The van der Waals surface area contributed by atoms with Crippen molar-refractivity contribution in [2.45, 2.75) is 20.4 Å². The lowest BCUT2D eigenvalue weighted by atomic mass is 10.1. The van der Waals surface area contributed by atoms with Crippen LogP contribution in [-0.2, 0) is 6.54 Å². The van der Waals surface area contributed by atoms with Gasteiger partial charge in [0.05, 0.1) is 12.1 Å². The molecule has 1 amide bonds. The summed E-state index contributed by atoms with van der Waals surface area (Å²) in [5.41, 5.74) is 2.45. The van der Waals surface area contributed by atoms with Crippen molar-refractivity contribution in [3.05, 3.63) is 58.6 Å². The molecule has 0 saturated heterocycles. The molecule has 2 aromatic rings. The van der Waals surface area contributed by atoms with Gasteiger partial charge in [0.2, 0.25) is 0 Å². The standard InChI is InChI=1S/C19H23ClN2O2/c1-4-22(5-2)13-14-6-8-15(9-7-14)19(23)21-16-10-11-18(24-3)17(20)12-16/h6-12H,4-5,13H2,1-3H3,(H,21,23). The Labute approximate surface area is 148 Å². The number of rotatable bonds is 7. The van der Waals surface area contributed by atoms with E-state index in [0.29, 0.717) is 22.0 Å². The van der Waals surface area contributed by atoms with E-state index in [9.17, 15) is 4.79 Å². The van der Waals surface area contributed by atoms with Gasteiger partial charge >= 0.3 is 0 Å². The summed E-state index contributed by atoms with van der Waals surface area (Å²) in [7, 11) is 1.55. The fourth-order valence-electron chi connectivity index (χ4n) is 2.41. The number of halogens is 1. The highest BCUT2D eigenvalue weighted by Crippen LogP contribution is 2.27. The predicted molar refractivity (Wildman–Crippen MR) is 99.0 cm³/mol. The van der Waals surface area contributed by atoms with Crippen molar-refractivity contribution in [2.24, 2.45) is 0 Å². The van der Waals surface area contributed by atoms with E-state index in [4.69, 9.17) is 16.3 Å². The van der Waals surface area contributed by atoms with Gasteiger partial charge in [0.1, 0.15) is 5.75 Å². The fraction of sp³-hybridized carbons (Fsp3) is 0.316. The molecule has 1 N–H and O–H groups in total. The van der Waals surface area contributed by atoms with E-state index in [0.717, 1.165) is 19.6 Å². The molecule has 0 atom stereocenters. The summed E-state index contributed by atoms with van der Waals surface area (Å²) < 4.78 is 5.10. The minimum absolute atomic E-state index is 0.161. The summed E-state index contributed by atoms with van der Waals surface area (Å²) in [5, 5.41) is 3.31. The third kappa shape index (κ3) is 4.73. The minimum atomic E-state index is -0.161. The molecule has 0 aliphatic rings. The van der Waals surface area contributed by atoms with Crippen molar-refractivity contribution in [1.29, 1.82) is 0 Å². The zero-order valence-corrected chi connectivity index (χ0v) is 15.1. The van der Waals surface area contributed by atoms with E-state index >= 15 is 0 Å². The maximum Gasteiger partial charge on any atom is 0.255 e. The fourth-order valence-corrected chi connectivity index (χ4v) is 2.67. The van der Waals surface area contributed by atoms with Gasteiger partial charge in [0, 0.05) is 17.8 Å². The summed E-state index contributed by atoms with van der Waals surface area (Å²) in [6.45, 7) is 7.20. The first-order valence-corrected chi connectivity index (χ1v) is 8.41. The number of amides is 1. The number of hydrogen-bond acceptors (Lipinski definition) is 3. The second-order valence-corrected chi connectivity index (χ2v) is 5.87. The van der Waals surface area contributed by atoms with Gasteiger partial charge in [-0.2, -0.15) is 0 Å². The number of benzene rings is 2. The topological polar surface area (TPSA) is 41.6 Å². The van der Waals surface area contributed by atoms with Gasteiger partial charge in [0.25, 0.3) is 5.91 Å². The Morgan fingerprint density at radius 2 is 1.79 bits per heavy atom. The molecule has 5 heteroatoms. The molecule has 0 aliphatic carbocycles. The van der Waals surface area contributed by atoms with Crippen LogP contribution in [0.3, 0.4) is 0 Å².